The molecule has 1 aliphatic heterocycles. The molecule has 1 fully saturated rings. The molecule has 20 heavy (non-hydrogen) atoms. The molecule has 0 radical (unpaired) electrons. The lowest BCUT2D eigenvalue weighted by Gasteiger charge is -2.43. The second kappa shape index (κ2) is 6.00. The first-order valence-electron chi connectivity index (χ1n) is 6.94. The van der Waals surface area contributed by atoms with Gasteiger partial charge >= 0.3 is 0 Å². The molecule has 0 spiro atoms. The Bertz CT molecular complexity index is 481. The summed E-state index contributed by atoms with van der Waals surface area (Å²) >= 11 is 3.47. The number of nitrogens with zero attached hydrogens (tertiary/aromatic N) is 1. The monoisotopic (exact) mass is 344 g/mol. The second-order valence-corrected chi connectivity index (χ2v) is 7.20. The summed E-state index contributed by atoms with van der Waals surface area (Å²) in [5.74, 6) is -0.801. The average molecular weight is 345 g/mol. The van der Waals surface area contributed by atoms with Crippen molar-refractivity contribution in [1.29, 1.82) is 0 Å². The number of halogens is 2. The average Bonchev–Trinajstić information content (AvgIpc) is 2.39. The Labute approximate surface area is 128 Å². The first kappa shape index (κ1) is 15.7. The predicted octanol–water partition coefficient (Wildman–Crippen LogP) is 3.29. The fraction of sp³-hybridized carbons (Fsp3) is 0.600. The van der Waals surface area contributed by atoms with Crippen LogP contribution in [0.5, 0.6) is 5.75 Å². The Morgan fingerprint density at radius 3 is 2.45 bits per heavy atom. The van der Waals surface area contributed by atoms with Gasteiger partial charge in [0.05, 0.1) is 0 Å². The Hall–Kier alpha value is -0.650. The van der Waals surface area contributed by atoms with Crippen molar-refractivity contribution in [3.05, 3.63) is 28.0 Å². The number of aromatic hydroxyl groups is 1. The minimum absolute atomic E-state index is 0.0327. The van der Waals surface area contributed by atoms with Gasteiger partial charge in [-0.15, -0.1) is 0 Å². The molecule has 1 aliphatic rings. The van der Waals surface area contributed by atoms with Crippen LogP contribution in [0.3, 0.4) is 0 Å². The molecule has 0 aliphatic carbocycles. The number of hydrogen-bond acceptors (Lipinski definition) is 3. The van der Waals surface area contributed by atoms with Crippen molar-refractivity contribution < 1.29 is 9.50 Å². The lowest BCUT2D eigenvalue weighted by atomic mass is 9.80. The van der Waals surface area contributed by atoms with Crippen molar-refractivity contribution in [2.24, 2.45) is 5.41 Å². The highest BCUT2D eigenvalue weighted by Crippen LogP contribution is 2.45. The summed E-state index contributed by atoms with van der Waals surface area (Å²) in [4.78, 5) is 2.32. The molecule has 112 valence electrons. The molecular formula is C15H22BrFN2O. The van der Waals surface area contributed by atoms with Crippen LogP contribution < -0.4 is 5.32 Å². The molecular weight excluding hydrogens is 323 g/mol. The third kappa shape index (κ3) is 3.15. The van der Waals surface area contributed by atoms with E-state index in [1.165, 1.54) is 6.07 Å². The lowest BCUT2D eigenvalue weighted by molar-refractivity contribution is 0.0832. The van der Waals surface area contributed by atoms with E-state index in [1.807, 2.05) is 0 Å². The van der Waals surface area contributed by atoms with Gasteiger partial charge in [-0.05, 0) is 17.5 Å². The van der Waals surface area contributed by atoms with Gasteiger partial charge in [-0.3, -0.25) is 4.90 Å². The van der Waals surface area contributed by atoms with E-state index < -0.39 is 5.82 Å². The summed E-state index contributed by atoms with van der Waals surface area (Å²) in [6, 6.07) is 2.93. The third-order valence-electron chi connectivity index (χ3n) is 3.73. The Kier molecular flexibility index (Phi) is 4.72. The van der Waals surface area contributed by atoms with Gasteiger partial charge in [-0.2, -0.15) is 0 Å². The highest BCUT2D eigenvalue weighted by atomic mass is 79.9. The molecule has 1 heterocycles. The fourth-order valence-corrected chi connectivity index (χ4v) is 3.46. The van der Waals surface area contributed by atoms with Gasteiger partial charge in [0.1, 0.15) is 0 Å². The van der Waals surface area contributed by atoms with E-state index >= 15 is 0 Å². The van der Waals surface area contributed by atoms with E-state index in [0.29, 0.717) is 5.56 Å². The topological polar surface area (TPSA) is 35.5 Å². The number of phenols is 1. The molecule has 0 bridgehead atoms. The van der Waals surface area contributed by atoms with Crippen molar-refractivity contribution >= 4 is 15.9 Å². The Morgan fingerprint density at radius 1 is 1.30 bits per heavy atom. The van der Waals surface area contributed by atoms with Crippen LogP contribution in [0, 0.1) is 11.2 Å². The van der Waals surface area contributed by atoms with Crippen molar-refractivity contribution in [3.8, 4) is 5.75 Å². The molecule has 1 aromatic rings. The number of piperazine rings is 1. The van der Waals surface area contributed by atoms with Crippen LogP contribution in [-0.2, 0) is 0 Å². The molecule has 3 nitrogen and oxygen atoms in total. The summed E-state index contributed by atoms with van der Waals surface area (Å²) in [7, 11) is 0. The van der Waals surface area contributed by atoms with Crippen LogP contribution >= 0.6 is 15.9 Å². The van der Waals surface area contributed by atoms with Crippen LogP contribution in [0.4, 0.5) is 4.39 Å². The van der Waals surface area contributed by atoms with Crippen molar-refractivity contribution in [2.45, 2.75) is 26.8 Å². The maximum absolute atomic E-state index is 13.8. The van der Waals surface area contributed by atoms with Crippen molar-refractivity contribution in [3.63, 3.8) is 0 Å². The van der Waals surface area contributed by atoms with Gasteiger partial charge in [-0.25, -0.2) is 4.39 Å². The van der Waals surface area contributed by atoms with Crippen LogP contribution in [0.1, 0.15) is 32.4 Å². The van der Waals surface area contributed by atoms with E-state index in [0.717, 1.165) is 30.7 Å². The minimum atomic E-state index is -0.562. The van der Waals surface area contributed by atoms with Crippen molar-refractivity contribution in [1.82, 2.24) is 10.2 Å². The number of hydrogen-bond donors (Lipinski definition) is 2. The molecule has 0 unspecified atom stereocenters. The van der Waals surface area contributed by atoms with Gasteiger partial charge < -0.3 is 10.4 Å². The highest BCUT2D eigenvalue weighted by Gasteiger charge is 2.36. The maximum atomic E-state index is 13.8. The first-order chi connectivity index (χ1) is 9.32. The fourth-order valence-electron chi connectivity index (χ4n) is 2.92. The third-order valence-corrected chi connectivity index (χ3v) is 4.42. The number of nitrogens with one attached hydrogen (secondary N) is 1. The molecule has 2 N–H and O–H groups in total. The predicted molar refractivity (Wildman–Crippen MR) is 82.4 cm³/mol. The number of phenolic OH excluding ortho intramolecular Hbond substituents is 1. The molecule has 1 atom stereocenters. The van der Waals surface area contributed by atoms with Crippen LogP contribution in [0.25, 0.3) is 0 Å². The Balaban J connectivity index is 2.49. The molecule has 0 aromatic heterocycles. The quantitative estimate of drug-likeness (QED) is 0.864. The highest BCUT2D eigenvalue weighted by molar-refractivity contribution is 9.10. The van der Waals surface area contributed by atoms with E-state index in [9.17, 15) is 9.50 Å². The number of rotatable bonds is 2. The van der Waals surface area contributed by atoms with Gasteiger partial charge in [0.25, 0.3) is 0 Å². The zero-order chi connectivity index (χ0) is 14.9. The summed E-state index contributed by atoms with van der Waals surface area (Å²) in [6.45, 7) is 9.98. The van der Waals surface area contributed by atoms with Gasteiger partial charge in [-0.1, -0.05) is 36.7 Å². The smallest absolute Gasteiger partial charge is 0.165 e. The van der Waals surface area contributed by atoms with E-state index in [4.69, 9.17) is 0 Å². The normalized spacial score (nSPS) is 19.1. The summed E-state index contributed by atoms with van der Waals surface area (Å²) in [6.07, 6.45) is 0. The summed E-state index contributed by atoms with van der Waals surface area (Å²) in [5, 5.41) is 13.5. The zero-order valence-electron chi connectivity index (χ0n) is 12.2. The Morgan fingerprint density at radius 2 is 1.90 bits per heavy atom. The largest absolute Gasteiger partial charge is 0.505 e. The molecule has 2 rings (SSSR count). The SMILES string of the molecule is CC(C)(C)[C@@H](c1c(Br)ccc(F)c1O)N1CCNCC1. The van der Waals surface area contributed by atoms with Crippen molar-refractivity contribution in [2.75, 3.05) is 26.2 Å². The van der Waals surface area contributed by atoms with Gasteiger partial charge in [0.2, 0.25) is 0 Å². The second-order valence-electron chi connectivity index (χ2n) is 6.35. The molecule has 5 heteroatoms. The van der Waals surface area contributed by atoms with E-state index in [1.54, 1.807) is 6.07 Å². The lowest BCUT2D eigenvalue weighted by Crippen LogP contribution is -2.48. The molecule has 0 saturated carbocycles. The van der Waals surface area contributed by atoms with E-state index in [-0.39, 0.29) is 17.2 Å². The summed E-state index contributed by atoms with van der Waals surface area (Å²) < 4.78 is 14.5. The zero-order valence-corrected chi connectivity index (χ0v) is 13.8. The maximum Gasteiger partial charge on any atom is 0.165 e. The number of benzene rings is 1. The van der Waals surface area contributed by atoms with Gasteiger partial charge in [0, 0.05) is 42.3 Å². The van der Waals surface area contributed by atoms with Gasteiger partial charge in [0.15, 0.2) is 11.6 Å². The molecule has 0 amide bonds. The minimum Gasteiger partial charge on any atom is -0.505 e. The van der Waals surface area contributed by atoms with Crippen LogP contribution in [0.2, 0.25) is 0 Å². The first-order valence-corrected chi connectivity index (χ1v) is 7.73. The van der Waals surface area contributed by atoms with Crippen LogP contribution in [0.15, 0.2) is 16.6 Å². The summed E-state index contributed by atoms with van der Waals surface area (Å²) in [5.41, 5.74) is 0.546. The molecule has 1 aromatic carbocycles. The standard InChI is InChI=1S/C15H22BrFN2O/c1-15(2,3)14(19-8-6-18-7-9-19)12-10(16)4-5-11(17)13(12)20/h4-5,14,18,20H,6-9H2,1-3H3/t14-/m1/s1. The molecule has 1 saturated heterocycles. The van der Waals surface area contributed by atoms with E-state index in [2.05, 4.69) is 46.9 Å². The van der Waals surface area contributed by atoms with Crippen LogP contribution in [-0.4, -0.2) is 36.2 Å².